The third kappa shape index (κ3) is 5.64. The number of benzene rings is 1. The van der Waals surface area contributed by atoms with Crippen molar-refractivity contribution in [1.29, 1.82) is 0 Å². The summed E-state index contributed by atoms with van der Waals surface area (Å²) in [7, 11) is 0. The number of amidine groups is 1. The third-order valence-electron chi connectivity index (χ3n) is 4.80. The van der Waals surface area contributed by atoms with Crippen molar-refractivity contribution in [2.45, 2.75) is 38.1 Å². The van der Waals surface area contributed by atoms with E-state index in [1.165, 1.54) is 13.0 Å². The van der Waals surface area contributed by atoms with E-state index in [0.717, 1.165) is 12.3 Å². The molecular weight excluding hydrogens is 489 g/mol. The normalized spacial score (nSPS) is 20.4. The van der Waals surface area contributed by atoms with E-state index in [9.17, 15) is 26.7 Å². The Labute approximate surface area is 195 Å². The lowest BCUT2D eigenvalue weighted by atomic mass is 9.85. The number of nitrogens with one attached hydrogen (secondary N) is 1. The van der Waals surface area contributed by atoms with Gasteiger partial charge in [0, 0.05) is 17.7 Å². The molecule has 14 heteroatoms. The Bertz CT molecular complexity index is 1130. The minimum absolute atomic E-state index is 0.00469. The van der Waals surface area contributed by atoms with Gasteiger partial charge in [-0.1, -0.05) is 11.6 Å². The van der Waals surface area contributed by atoms with Crippen LogP contribution in [0.5, 0.6) is 5.88 Å². The van der Waals surface area contributed by atoms with Crippen molar-refractivity contribution in [3.8, 4) is 5.88 Å². The molecule has 1 aliphatic rings. The van der Waals surface area contributed by atoms with Gasteiger partial charge in [0.1, 0.15) is 29.8 Å². The van der Waals surface area contributed by atoms with E-state index in [1.807, 2.05) is 0 Å². The summed E-state index contributed by atoms with van der Waals surface area (Å²) in [6.45, 7) is 0.314. The van der Waals surface area contributed by atoms with Crippen LogP contribution in [0.2, 0.25) is 5.02 Å². The van der Waals surface area contributed by atoms with Crippen molar-refractivity contribution >= 4 is 29.2 Å². The van der Waals surface area contributed by atoms with Crippen LogP contribution in [0.1, 0.15) is 35.1 Å². The molecule has 0 aliphatic carbocycles. The van der Waals surface area contributed by atoms with Gasteiger partial charge in [-0.25, -0.2) is 23.7 Å². The second kappa shape index (κ2) is 9.57. The molecule has 3 rings (SSSR count). The van der Waals surface area contributed by atoms with Gasteiger partial charge in [0.25, 0.3) is 11.9 Å². The van der Waals surface area contributed by atoms with Gasteiger partial charge in [0.2, 0.25) is 5.88 Å². The predicted molar refractivity (Wildman–Crippen MR) is 112 cm³/mol. The third-order valence-corrected chi connectivity index (χ3v) is 5.19. The summed E-state index contributed by atoms with van der Waals surface area (Å²) in [4.78, 5) is 24.2. The largest absolute Gasteiger partial charge is 0.467 e. The van der Waals surface area contributed by atoms with Crippen LogP contribution < -0.4 is 15.8 Å². The first-order valence-corrected chi connectivity index (χ1v) is 10.1. The summed E-state index contributed by atoms with van der Waals surface area (Å²) in [5.74, 6) is -2.23. The van der Waals surface area contributed by atoms with Crippen molar-refractivity contribution in [1.82, 2.24) is 9.97 Å². The zero-order valence-corrected chi connectivity index (χ0v) is 18.6. The molecule has 1 aromatic heterocycles. The molecule has 2 aromatic rings. The molecule has 0 bridgehead atoms. The molecule has 0 spiro atoms. The second-order valence-electron chi connectivity index (χ2n) is 7.57. The first-order chi connectivity index (χ1) is 15.8. The molecule has 0 unspecified atom stereocenters. The number of aromatic nitrogens is 2. The van der Waals surface area contributed by atoms with Crippen LogP contribution in [0.3, 0.4) is 0 Å². The van der Waals surface area contributed by atoms with Gasteiger partial charge in [0.05, 0.1) is 16.9 Å². The Morgan fingerprint density at radius 1 is 1.41 bits per heavy atom. The van der Waals surface area contributed by atoms with Gasteiger partial charge in [-0.15, -0.1) is 0 Å². The smallest absolute Gasteiger partial charge is 0.422 e. The molecule has 0 radical (unpaired) electrons. The average Bonchev–Trinajstić information content (AvgIpc) is 2.73. The number of aryl methyl sites for hydroxylation is 1. The summed E-state index contributed by atoms with van der Waals surface area (Å²) in [6.07, 6.45) is -4.26. The molecule has 1 aromatic carbocycles. The zero-order valence-electron chi connectivity index (χ0n) is 17.8. The lowest BCUT2D eigenvalue weighted by Gasteiger charge is -2.35. The number of anilines is 1. The molecule has 0 saturated heterocycles. The standard InChI is InChI=1S/C20H19ClF5N5O3/c1-9-5-19(7-22,31-18(27)34-9)12-3-11(4-13(23)15(12)21)30-17(32)16-10(2)29-14(6-28-16)33-8-20(24,25)26/h3-4,6,9H,5,7-8H2,1-2H3,(H2,27,31)(H,30,32)/t9-,19+/m1/s1. The van der Waals surface area contributed by atoms with Crippen molar-refractivity contribution in [2.75, 3.05) is 18.6 Å². The lowest BCUT2D eigenvalue weighted by Crippen LogP contribution is -2.41. The number of aliphatic imine (C=N–C) groups is 1. The predicted octanol–water partition coefficient (Wildman–Crippen LogP) is 4.06. The Kier molecular flexibility index (Phi) is 7.15. The van der Waals surface area contributed by atoms with Crippen LogP contribution in [-0.4, -0.2) is 47.5 Å². The van der Waals surface area contributed by atoms with Crippen LogP contribution in [0, 0.1) is 12.7 Å². The van der Waals surface area contributed by atoms with Crippen molar-refractivity contribution in [3.05, 3.63) is 46.1 Å². The molecular formula is C20H19ClF5N5O3. The van der Waals surface area contributed by atoms with Gasteiger partial charge in [0.15, 0.2) is 6.61 Å². The van der Waals surface area contributed by atoms with Gasteiger partial charge in [-0.3, -0.25) is 4.79 Å². The van der Waals surface area contributed by atoms with Gasteiger partial charge in [-0.2, -0.15) is 13.2 Å². The van der Waals surface area contributed by atoms with E-state index in [4.69, 9.17) is 22.1 Å². The Balaban J connectivity index is 1.89. The molecule has 0 fully saturated rings. The maximum absolute atomic E-state index is 14.6. The highest BCUT2D eigenvalue weighted by Gasteiger charge is 2.41. The fourth-order valence-corrected chi connectivity index (χ4v) is 3.72. The van der Waals surface area contributed by atoms with Gasteiger partial charge < -0.3 is 20.5 Å². The van der Waals surface area contributed by atoms with Crippen LogP contribution in [-0.2, 0) is 10.3 Å². The Morgan fingerprint density at radius 2 is 2.12 bits per heavy atom. The first-order valence-electron chi connectivity index (χ1n) is 9.75. The number of amides is 1. The number of carbonyl (C=O) groups is 1. The molecule has 2 atom stereocenters. The molecule has 2 heterocycles. The van der Waals surface area contributed by atoms with E-state index in [0.29, 0.717) is 0 Å². The van der Waals surface area contributed by atoms with Crippen LogP contribution in [0.15, 0.2) is 23.3 Å². The first kappa shape index (κ1) is 25.4. The summed E-state index contributed by atoms with van der Waals surface area (Å²) in [6, 6.07) is 1.87. The Morgan fingerprint density at radius 3 is 2.71 bits per heavy atom. The van der Waals surface area contributed by atoms with Crippen molar-refractivity contribution in [3.63, 3.8) is 0 Å². The van der Waals surface area contributed by atoms with Gasteiger partial charge in [-0.05, 0) is 26.0 Å². The molecule has 1 aliphatic heterocycles. The number of hydrogen-bond donors (Lipinski definition) is 2. The van der Waals surface area contributed by atoms with Crippen LogP contribution in [0.4, 0.5) is 27.6 Å². The number of hydrogen-bond acceptors (Lipinski definition) is 7. The summed E-state index contributed by atoms with van der Waals surface area (Å²) >= 11 is 6.10. The summed E-state index contributed by atoms with van der Waals surface area (Å²) < 4.78 is 75.4. The fraction of sp³-hybridized carbons (Fsp3) is 0.400. The molecule has 1 amide bonds. The second-order valence-corrected chi connectivity index (χ2v) is 7.95. The monoisotopic (exact) mass is 507 g/mol. The van der Waals surface area contributed by atoms with E-state index >= 15 is 0 Å². The molecule has 0 saturated carbocycles. The van der Waals surface area contributed by atoms with Crippen molar-refractivity contribution in [2.24, 2.45) is 10.7 Å². The van der Waals surface area contributed by atoms with Gasteiger partial charge >= 0.3 is 6.18 Å². The average molecular weight is 508 g/mol. The highest BCUT2D eigenvalue weighted by molar-refractivity contribution is 6.31. The summed E-state index contributed by atoms with van der Waals surface area (Å²) in [5, 5.41) is 1.99. The number of nitrogens with zero attached hydrogens (tertiary/aromatic N) is 3. The van der Waals surface area contributed by atoms with E-state index in [-0.39, 0.29) is 35.1 Å². The number of halogens is 6. The number of carbonyl (C=O) groups excluding carboxylic acids is 1. The van der Waals surface area contributed by atoms with Crippen LogP contribution in [0.25, 0.3) is 0 Å². The van der Waals surface area contributed by atoms with E-state index in [2.05, 4.69) is 25.0 Å². The van der Waals surface area contributed by atoms with E-state index < -0.39 is 53.7 Å². The highest BCUT2D eigenvalue weighted by atomic mass is 35.5. The Hall–Kier alpha value is -3.22. The lowest BCUT2D eigenvalue weighted by molar-refractivity contribution is -0.154. The number of ether oxygens (including phenoxy) is 2. The maximum Gasteiger partial charge on any atom is 0.422 e. The summed E-state index contributed by atoms with van der Waals surface area (Å²) in [5.41, 5.74) is 3.57. The van der Waals surface area contributed by atoms with Crippen molar-refractivity contribution < 1.29 is 36.2 Å². The number of nitrogens with two attached hydrogens (primary N) is 1. The van der Waals surface area contributed by atoms with Crippen LogP contribution >= 0.6 is 11.6 Å². The minimum atomic E-state index is -4.57. The molecule has 3 N–H and O–H groups in total. The molecule has 34 heavy (non-hydrogen) atoms. The molecule has 8 nitrogen and oxygen atoms in total. The quantitative estimate of drug-likeness (QED) is 0.570. The minimum Gasteiger partial charge on any atom is -0.467 e. The topological polar surface area (TPSA) is 112 Å². The number of alkyl halides is 4. The van der Waals surface area contributed by atoms with E-state index in [1.54, 1.807) is 6.92 Å². The zero-order chi connectivity index (χ0) is 25.3. The highest BCUT2D eigenvalue weighted by Crippen LogP contribution is 2.41. The molecule has 184 valence electrons. The SMILES string of the molecule is Cc1nc(OCC(F)(F)F)cnc1C(=O)Nc1cc(F)c(Cl)c([C@@]2(CF)C[C@@H](C)OC(N)=N2)c1. The fourth-order valence-electron chi connectivity index (χ4n) is 3.43. The number of rotatable bonds is 6. The maximum atomic E-state index is 14.6.